The Bertz CT molecular complexity index is 2550. The number of allylic oxidation sites excluding steroid dienone is 1. The summed E-state index contributed by atoms with van der Waals surface area (Å²) < 4.78 is 12.7. The summed E-state index contributed by atoms with van der Waals surface area (Å²) in [6.45, 7) is 6.15. The zero-order valence-corrected chi connectivity index (χ0v) is 27.3. The number of anilines is 3. The minimum absolute atomic E-state index is 0.800. The highest BCUT2D eigenvalue weighted by Gasteiger charge is 2.21. The number of furan rings is 2. The molecular formula is C45H34N2O2. The van der Waals surface area contributed by atoms with Gasteiger partial charge in [-0.2, -0.15) is 0 Å². The van der Waals surface area contributed by atoms with Crippen LogP contribution in [0.5, 0.6) is 0 Å². The molecular weight excluding hydrogens is 601 g/mol. The lowest BCUT2D eigenvalue weighted by atomic mass is 9.94. The molecule has 0 aliphatic heterocycles. The normalized spacial score (nSPS) is 12.5. The van der Waals surface area contributed by atoms with Gasteiger partial charge in [-0.25, -0.2) is 0 Å². The van der Waals surface area contributed by atoms with Crippen LogP contribution in [0.2, 0.25) is 0 Å². The van der Waals surface area contributed by atoms with Crippen molar-refractivity contribution in [1.82, 2.24) is 4.98 Å². The molecule has 0 N–H and O–H groups in total. The largest absolute Gasteiger partial charge is 0.456 e. The molecule has 5 aromatic carbocycles. The van der Waals surface area contributed by atoms with Gasteiger partial charge in [-0.15, -0.1) is 0 Å². The molecule has 0 saturated carbocycles. The fraction of sp³-hybridized carbons (Fsp3) is 0.0889. The van der Waals surface area contributed by atoms with Gasteiger partial charge in [0.05, 0.1) is 6.20 Å². The highest BCUT2D eigenvalue weighted by Crippen LogP contribution is 2.43. The Morgan fingerprint density at radius 1 is 0.735 bits per heavy atom. The van der Waals surface area contributed by atoms with E-state index in [-0.39, 0.29) is 0 Å². The van der Waals surface area contributed by atoms with Gasteiger partial charge in [0.1, 0.15) is 16.9 Å². The van der Waals surface area contributed by atoms with Gasteiger partial charge in [-0.1, -0.05) is 98.5 Å². The van der Waals surface area contributed by atoms with Crippen LogP contribution in [-0.2, 0) is 12.8 Å². The predicted molar refractivity (Wildman–Crippen MR) is 204 cm³/mol. The monoisotopic (exact) mass is 634 g/mol. The molecule has 1 aliphatic carbocycles. The quantitative estimate of drug-likeness (QED) is 0.175. The summed E-state index contributed by atoms with van der Waals surface area (Å²) in [5, 5.41) is 3.33. The summed E-state index contributed by atoms with van der Waals surface area (Å²) >= 11 is 0. The van der Waals surface area contributed by atoms with E-state index in [0.717, 1.165) is 91.6 Å². The molecule has 0 fully saturated rings. The lowest BCUT2D eigenvalue weighted by Crippen LogP contribution is -2.13. The second-order valence-electron chi connectivity index (χ2n) is 12.6. The number of rotatable bonds is 7. The Morgan fingerprint density at radius 3 is 2.10 bits per heavy atom. The SMILES string of the molecule is C=Cc1oc2c(-c3ccc(N(c4ccc(-c5cccc6c5oc5cnccc56)cc4)c4cccc5c4CCC=C5)cc3)cccc2c1CC. The van der Waals surface area contributed by atoms with E-state index < -0.39 is 0 Å². The number of pyridine rings is 1. The van der Waals surface area contributed by atoms with E-state index in [2.05, 4.69) is 139 Å². The molecule has 9 rings (SSSR count). The number of nitrogens with zero attached hydrogens (tertiary/aromatic N) is 2. The molecule has 0 spiro atoms. The Morgan fingerprint density at radius 2 is 1.41 bits per heavy atom. The third-order valence-electron chi connectivity index (χ3n) is 9.85. The molecule has 8 aromatic rings. The molecule has 4 nitrogen and oxygen atoms in total. The fourth-order valence-electron chi connectivity index (χ4n) is 7.50. The molecule has 3 aromatic heterocycles. The van der Waals surface area contributed by atoms with Gasteiger partial charge >= 0.3 is 0 Å². The van der Waals surface area contributed by atoms with Crippen molar-refractivity contribution in [3.8, 4) is 22.3 Å². The van der Waals surface area contributed by atoms with Crippen LogP contribution in [0.3, 0.4) is 0 Å². The van der Waals surface area contributed by atoms with Gasteiger partial charge in [-0.3, -0.25) is 4.98 Å². The Labute approximate surface area is 285 Å². The Hall–Kier alpha value is -6.13. The zero-order valence-electron chi connectivity index (χ0n) is 27.3. The van der Waals surface area contributed by atoms with Gasteiger partial charge in [0.25, 0.3) is 0 Å². The predicted octanol–water partition coefficient (Wildman–Crippen LogP) is 12.7. The van der Waals surface area contributed by atoms with Crippen LogP contribution in [0.15, 0.2) is 143 Å². The second kappa shape index (κ2) is 11.8. The first kappa shape index (κ1) is 29.0. The molecule has 0 amide bonds. The number of aromatic nitrogens is 1. The van der Waals surface area contributed by atoms with Crippen LogP contribution >= 0.6 is 0 Å². The van der Waals surface area contributed by atoms with Crippen molar-refractivity contribution in [2.24, 2.45) is 0 Å². The number of fused-ring (bicyclic) bond motifs is 5. The minimum Gasteiger partial charge on any atom is -0.456 e. The summed E-state index contributed by atoms with van der Waals surface area (Å²) in [5.74, 6) is 0.854. The Balaban J connectivity index is 1.15. The average Bonchev–Trinajstić information content (AvgIpc) is 3.74. The van der Waals surface area contributed by atoms with Crippen molar-refractivity contribution in [1.29, 1.82) is 0 Å². The van der Waals surface area contributed by atoms with Crippen molar-refractivity contribution in [2.75, 3.05) is 4.90 Å². The van der Waals surface area contributed by atoms with Crippen LogP contribution in [0.4, 0.5) is 17.1 Å². The van der Waals surface area contributed by atoms with Crippen molar-refractivity contribution < 1.29 is 8.83 Å². The fourth-order valence-corrected chi connectivity index (χ4v) is 7.50. The van der Waals surface area contributed by atoms with Gasteiger partial charge in [0.15, 0.2) is 5.58 Å². The second-order valence-corrected chi connectivity index (χ2v) is 12.6. The maximum absolute atomic E-state index is 6.35. The number of benzene rings is 5. The summed E-state index contributed by atoms with van der Waals surface area (Å²) in [5.41, 5.74) is 14.2. The van der Waals surface area contributed by atoms with Gasteiger partial charge in [-0.05, 0) is 84.0 Å². The average molecular weight is 635 g/mol. The molecule has 0 radical (unpaired) electrons. The van der Waals surface area contributed by atoms with Crippen molar-refractivity contribution in [3.05, 3.63) is 157 Å². The third kappa shape index (κ3) is 4.79. The lowest BCUT2D eigenvalue weighted by molar-refractivity contribution is 0.600. The van der Waals surface area contributed by atoms with Crippen LogP contribution in [0, 0.1) is 0 Å². The first-order valence-electron chi connectivity index (χ1n) is 16.9. The standard InChI is InChI=1S/C45H34N2O2/c1-3-34-39-15-8-13-36(44(39)48-42(34)4-2)30-18-22-32(23-19-30)47(41-17-7-11-29-10-5-6-12-35(29)41)33-24-20-31(21-25-33)37-14-9-16-40-38-26-27-46-28-43(38)49-45(37)40/h4-5,7-11,13-28H,2-3,6,12H2,1H3. The summed E-state index contributed by atoms with van der Waals surface area (Å²) in [4.78, 5) is 6.65. The van der Waals surface area contributed by atoms with Crippen molar-refractivity contribution in [2.45, 2.75) is 26.2 Å². The van der Waals surface area contributed by atoms with Gasteiger partial charge in [0, 0.05) is 56.1 Å². The zero-order chi connectivity index (χ0) is 32.9. The maximum Gasteiger partial charge on any atom is 0.153 e. The number of aryl methyl sites for hydroxylation is 1. The lowest BCUT2D eigenvalue weighted by Gasteiger charge is -2.29. The molecule has 0 atom stereocenters. The molecule has 4 heteroatoms. The van der Waals surface area contributed by atoms with E-state index in [9.17, 15) is 0 Å². The van der Waals surface area contributed by atoms with Crippen molar-refractivity contribution >= 4 is 62.1 Å². The number of hydrogen-bond acceptors (Lipinski definition) is 4. The summed E-state index contributed by atoms with van der Waals surface area (Å²) in [6, 6.07) is 39.1. The molecule has 3 heterocycles. The number of hydrogen-bond donors (Lipinski definition) is 0. The van der Waals surface area contributed by atoms with E-state index in [1.807, 2.05) is 18.3 Å². The maximum atomic E-state index is 6.35. The van der Waals surface area contributed by atoms with Crippen LogP contribution < -0.4 is 4.90 Å². The van der Waals surface area contributed by atoms with Crippen LogP contribution in [0.25, 0.3) is 67.3 Å². The molecule has 49 heavy (non-hydrogen) atoms. The minimum atomic E-state index is 0.800. The number of para-hydroxylation sites is 2. The van der Waals surface area contributed by atoms with E-state index in [1.54, 1.807) is 6.20 Å². The summed E-state index contributed by atoms with van der Waals surface area (Å²) in [6.07, 6.45) is 12.9. The van der Waals surface area contributed by atoms with Gasteiger partial charge in [0.2, 0.25) is 0 Å². The molecule has 1 aliphatic rings. The topological polar surface area (TPSA) is 42.4 Å². The molecule has 0 unspecified atom stereocenters. The van der Waals surface area contributed by atoms with E-state index in [1.165, 1.54) is 22.4 Å². The highest BCUT2D eigenvalue weighted by molar-refractivity contribution is 6.09. The smallest absolute Gasteiger partial charge is 0.153 e. The van der Waals surface area contributed by atoms with E-state index >= 15 is 0 Å². The summed E-state index contributed by atoms with van der Waals surface area (Å²) in [7, 11) is 0. The Kier molecular flexibility index (Phi) is 7.02. The van der Waals surface area contributed by atoms with Crippen molar-refractivity contribution in [3.63, 3.8) is 0 Å². The first-order chi connectivity index (χ1) is 24.2. The third-order valence-corrected chi connectivity index (χ3v) is 9.85. The molecule has 0 bridgehead atoms. The molecule has 236 valence electrons. The first-order valence-corrected chi connectivity index (χ1v) is 16.9. The van der Waals surface area contributed by atoms with Gasteiger partial charge < -0.3 is 13.7 Å². The van der Waals surface area contributed by atoms with Crippen LogP contribution in [0.1, 0.15) is 35.8 Å². The highest BCUT2D eigenvalue weighted by atomic mass is 16.3. The van der Waals surface area contributed by atoms with E-state index in [0.29, 0.717) is 0 Å². The van der Waals surface area contributed by atoms with Crippen LogP contribution in [-0.4, -0.2) is 4.98 Å². The van der Waals surface area contributed by atoms with E-state index in [4.69, 9.17) is 8.83 Å². The molecule has 0 saturated heterocycles.